The zero-order valence-electron chi connectivity index (χ0n) is 9.26. The molecule has 17 heavy (non-hydrogen) atoms. The summed E-state index contributed by atoms with van der Waals surface area (Å²) in [6.45, 7) is -0.174. The highest BCUT2D eigenvalue weighted by Gasteiger charge is 2.20. The molecule has 0 saturated heterocycles. The third kappa shape index (κ3) is 4.26. The molecule has 1 fully saturated rings. The summed E-state index contributed by atoms with van der Waals surface area (Å²) in [5.74, 6) is -0.317. The van der Waals surface area contributed by atoms with E-state index in [1.165, 1.54) is 6.07 Å². The molecule has 2 nitrogen and oxygen atoms in total. The van der Waals surface area contributed by atoms with E-state index in [0.717, 1.165) is 18.9 Å². The predicted molar refractivity (Wildman–Crippen MR) is 57.8 cm³/mol. The molecule has 0 amide bonds. The normalized spacial score (nSPS) is 15.3. The molecule has 5 heteroatoms. The van der Waals surface area contributed by atoms with Gasteiger partial charge >= 0.3 is 0 Å². The third-order valence-electron chi connectivity index (χ3n) is 2.48. The van der Waals surface area contributed by atoms with Crippen LogP contribution in [0, 0.1) is 5.82 Å². The largest absolute Gasteiger partial charge is 0.488 e. The van der Waals surface area contributed by atoms with Crippen molar-refractivity contribution in [3.63, 3.8) is 0 Å². The summed E-state index contributed by atoms with van der Waals surface area (Å²) in [5.41, 5.74) is 0.709. The minimum Gasteiger partial charge on any atom is -0.488 e. The Hall–Kier alpha value is -1.23. The van der Waals surface area contributed by atoms with E-state index in [1.807, 2.05) is 0 Å². The molecule has 0 bridgehead atoms. The quantitative estimate of drug-likeness (QED) is 0.832. The third-order valence-corrected chi connectivity index (χ3v) is 2.48. The van der Waals surface area contributed by atoms with Crippen LogP contribution in [0.15, 0.2) is 18.2 Å². The first-order valence-corrected chi connectivity index (χ1v) is 5.57. The van der Waals surface area contributed by atoms with E-state index >= 15 is 0 Å². The van der Waals surface area contributed by atoms with Gasteiger partial charge in [-0.15, -0.1) is 0 Å². The zero-order chi connectivity index (χ0) is 12.3. The summed E-state index contributed by atoms with van der Waals surface area (Å²) >= 11 is 0. The molecule has 1 aliphatic carbocycles. The van der Waals surface area contributed by atoms with Crippen LogP contribution >= 0.6 is 0 Å². The lowest BCUT2D eigenvalue weighted by Crippen LogP contribution is -2.15. The first kappa shape index (κ1) is 12.2. The van der Waals surface area contributed by atoms with E-state index in [2.05, 4.69) is 5.32 Å². The minimum absolute atomic E-state index is 0.151. The summed E-state index contributed by atoms with van der Waals surface area (Å²) < 4.78 is 41.9. The molecule has 0 heterocycles. The summed E-state index contributed by atoms with van der Waals surface area (Å²) in [6.07, 6.45) is -0.264. The van der Waals surface area contributed by atoms with Crippen LogP contribution < -0.4 is 10.1 Å². The topological polar surface area (TPSA) is 21.3 Å². The Morgan fingerprint density at radius 2 is 2.06 bits per heavy atom. The fourth-order valence-electron chi connectivity index (χ4n) is 1.51. The highest BCUT2D eigenvalue weighted by molar-refractivity contribution is 5.29. The average Bonchev–Trinajstić information content (AvgIpc) is 3.07. The van der Waals surface area contributed by atoms with Crippen LogP contribution in [0.2, 0.25) is 0 Å². The second kappa shape index (κ2) is 5.40. The Labute approximate surface area is 97.8 Å². The number of rotatable bonds is 6. The maximum absolute atomic E-state index is 13.2. The van der Waals surface area contributed by atoms with Crippen molar-refractivity contribution in [2.45, 2.75) is 31.9 Å². The summed E-state index contributed by atoms with van der Waals surface area (Å²) in [6, 6.07) is 4.60. The van der Waals surface area contributed by atoms with Crippen LogP contribution in [-0.4, -0.2) is 19.1 Å². The summed E-state index contributed by atoms with van der Waals surface area (Å²) in [5, 5.41) is 3.22. The number of hydrogen-bond acceptors (Lipinski definition) is 2. The van der Waals surface area contributed by atoms with E-state index < -0.39 is 18.8 Å². The molecule has 94 valence electrons. The number of halogens is 3. The van der Waals surface area contributed by atoms with Gasteiger partial charge in [0.05, 0.1) is 0 Å². The Kier molecular flexibility index (Phi) is 3.89. The van der Waals surface area contributed by atoms with E-state index in [1.54, 1.807) is 6.07 Å². The van der Waals surface area contributed by atoms with Crippen molar-refractivity contribution in [3.8, 4) is 5.75 Å². The molecule has 0 aromatic heterocycles. The van der Waals surface area contributed by atoms with Crippen LogP contribution in [0.4, 0.5) is 13.2 Å². The van der Waals surface area contributed by atoms with Gasteiger partial charge in [-0.25, -0.2) is 13.2 Å². The maximum Gasteiger partial charge on any atom is 0.272 e. The molecule has 1 aromatic carbocycles. The van der Waals surface area contributed by atoms with E-state index in [0.29, 0.717) is 18.2 Å². The van der Waals surface area contributed by atoms with Gasteiger partial charge in [0.1, 0.15) is 18.2 Å². The highest BCUT2D eigenvalue weighted by atomic mass is 19.3. The van der Waals surface area contributed by atoms with Crippen molar-refractivity contribution < 1.29 is 17.9 Å². The van der Waals surface area contributed by atoms with Crippen molar-refractivity contribution in [2.75, 3.05) is 6.61 Å². The van der Waals surface area contributed by atoms with Crippen LogP contribution in [0.5, 0.6) is 5.75 Å². The zero-order valence-corrected chi connectivity index (χ0v) is 9.26. The first-order valence-electron chi connectivity index (χ1n) is 5.57. The van der Waals surface area contributed by atoms with E-state index in [4.69, 9.17) is 4.74 Å². The number of alkyl halides is 2. The van der Waals surface area contributed by atoms with Gasteiger partial charge in [0.2, 0.25) is 0 Å². The standard InChI is InChI=1S/C12H14F3NO/c13-9-3-8(6-16-10-1-2-10)4-11(5-9)17-7-12(14)15/h3-5,10,12,16H,1-2,6-7H2. The monoisotopic (exact) mass is 245 g/mol. The molecule has 1 aliphatic rings. The van der Waals surface area contributed by atoms with Gasteiger partial charge < -0.3 is 10.1 Å². The summed E-state index contributed by atoms with van der Waals surface area (Å²) in [7, 11) is 0. The van der Waals surface area contributed by atoms with Crippen LogP contribution in [0.3, 0.4) is 0 Å². The van der Waals surface area contributed by atoms with Gasteiger partial charge in [0.25, 0.3) is 6.43 Å². The molecule has 1 aromatic rings. The summed E-state index contributed by atoms with van der Waals surface area (Å²) in [4.78, 5) is 0. The Bertz CT molecular complexity index is 356. The Balaban J connectivity index is 1.94. The molecule has 2 rings (SSSR count). The molecule has 0 aliphatic heterocycles. The number of ether oxygens (including phenoxy) is 1. The molecule has 0 atom stereocenters. The Morgan fingerprint density at radius 1 is 1.29 bits per heavy atom. The van der Waals surface area contributed by atoms with Crippen LogP contribution in [-0.2, 0) is 6.54 Å². The fraction of sp³-hybridized carbons (Fsp3) is 0.500. The second-order valence-corrected chi connectivity index (χ2v) is 4.15. The van der Waals surface area contributed by atoms with Gasteiger partial charge in [0.15, 0.2) is 0 Å². The van der Waals surface area contributed by atoms with Gasteiger partial charge in [-0.1, -0.05) is 0 Å². The van der Waals surface area contributed by atoms with Crippen LogP contribution in [0.25, 0.3) is 0 Å². The molecular weight excluding hydrogens is 231 g/mol. The molecule has 0 unspecified atom stereocenters. The number of nitrogens with one attached hydrogen (secondary N) is 1. The molecular formula is C12H14F3NO. The average molecular weight is 245 g/mol. The SMILES string of the molecule is Fc1cc(CNC2CC2)cc(OCC(F)F)c1. The molecule has 1 N–H and O–H groups in total. The lowest BCUT2D eigenvalue weighted by atomic mass is 10.2. The van der Waals surface area contributed by atoms with Crippen molar-refractivity contribution in [2.24, 2.45) is 0 Å². The van der Waals surface area contributed by atoms with E-state index in [-0.39, 0.29) is 5.75 Å². The lowest BCUT2D eigenvalue weighted by molar-refractivity contribution is 0.0817. The number of hydrogen-bond donors (Lipinski definition) is 1. The fourth-order valence-corrected chi connectivity index (χ4v) is 1.51. The van der Waals surface area contributed by atoms with Crippen molar-refractivity contribution in [3.05, 3.63) is 29.6 Å². The number of benzene rings is 1. The van der Waals surface area contributed by atoms with Crippen molar-refractivity contribution in [1.82, 2.24) is 5.32 Å². The van der Waals surface area contributed by atoms with Gasteiger partial charge in [-0.3, -0.25) is 0 Å². The van der Waals surface area contributed by atoms with Gasteiger partial charge in [-0.2, -0.15) is 0 Å². The molecule has 0 radical (unpaired) electrons. The van der Waals surface area contributed by atoms with Gasteiger partial charge in [0, 0.05) is 18.7 Å². The Morgan fingerprint density at radius 3 is 2.71 bits per heavy atom. The lowest BCUT2D eigenvalue weighted by Gasteiger charge is -2.08. The highest BCUT2D eigenvalue weighted by Crippen LogP contribution is 2.21. The first-order chi connectivity index (χ1) is 8.13. The van der Waals surface area contributed by atoms with Gasteiger partial charge in [-0.05, 0) is 30.5 Å². The smallest absolute Gasteiger partial charge is 0.272 e. The van der Waals surface area contributed by atoms with Crippen molar-refractivity contribution in [1.29, 1.82) is 0 Å². The van der Waals surface area contributed by atoms with Crippen LogP contribution in [0.1, 0.15) is 18.4 Å². The van der Waals surface area contributed by atoms with Crippen molar-refractivity contribution >= 4 is 0 Å². The van der Waals surface area contributed by atoms with E-state index in [9.17, 15) is 13.2 Å². The second-order valence-electron chi connectivity index (χ2n) is 4.15. The molecule has 0 spiro atoms. The maximum atomic E-state index is 13.2. The minimum atomic E-state index is -2.55. The molecule has 1 saturated carbocycles. The predicted octanol–water partition coefficient (Wildman–Crippen LogP) is 2.72.